The van der Waals surface area contributed by atoms with Crippen molar-refractivity contribution in [2.45, 2.75) is 11.9 Å². The summed E-state index contributed by atoms with van der Waals surface area (Å²) >= 11 is 0. The van der Waals surface area contributed by atoms with Gasteiger partial charge in [0.2, 0.25) is 6.71 Å². The Bertz CT molecular complexity index is 1660. The monoisotopic (exact) mass is 450 g/mol. The average Bonchev–Trinajstić information content (AvgIpc) is 2.91. The molecule has 0 spiro atoms. The summed E-state index contributed by atoms with van der Waals surface area (Å²) in [6.45, 7) is 0.205. The van der Waals surface area contributed by atoms with Crippen LogP contribution in [0.1, 0.15) is 0 Å². The molecule has 0 N–H and O–H groups in total. The molecule has 4 aromatic rings. The van der Waals surface area contributed by atoms with E-state index in [2.05, 4.69) is 101 Å². The number of anilines is 5. The Morgan fingerprint density at radius 1 is 0.657 bits per heavy atom. The number of nitrogens with zero attached hydrogens (tertiary/aromatic N) is 2. The lowest BCUT2D eigenvalue weighted by atomic mass is 9.29. The predicted octanol–water partition coefficient (Wildman–Crippen LogP) is 5.92. The van der Waals surface area contributed by atoms with Crippen LogP contribution < -0.4 is 30.2 Å². The number of rotatable bonds is 0. The summed E-state index contributed by atoms with van der Waals surface area (Å²) in [7, 11) is 0. The van der Waals surface area contributed by atoms with Crippen molar-refractivity contribution in [3.05, 3.63) is 109 Å². The molecule has 164 valence electrons. The zero-order chi connectivity index (χ0) is 22.7. The molecule has 4 nitrogen and oxygen atoms in total. The molecule has 9 rings (SSSR count). The minimum absolute atomic E-state index is 0.113. The Kier molecular flexibility index (Phi) is 3.19. The number of fused-ring (bicyclic) bond motifs is 8. The SMILES string of the molecule is C1=CC2B3c4cccc5c4N(c4ccccc4O5)c4cccc(c43)N3c4ccccc4OC(=C1)C23. The van der Waals surface area contributed by atoms with Gasteiger partial charge in [0.05, 0.1) is 23.1 Å². The Morgan fingerprint density at radius 2 is 1.37 bits per heavy atom. The van der Waals surface area contributed by atoms with Crippen LogP contribution in [-0.2, 0) is 0 Å². The van der Waals surface area contributed by atoms with E-state index in [9.17, 15) is 0 Å². The first-order chi connectivity index (χ1) is 17.4. The van der Waals surface area contributed by atoms with E-state index < -0.39 is 0 Å². The van der Waals surface area contributed by atoms with Crippen LogP contribution in [-0.4, -0.2) is 12.8 Å². The van der Waals surface area contributed by atoms with Crippen LogP contribution in [0.5, 0.6) is 17.2 Å². The average molecular weight is 450 g/mol. The van der Waals surface area contributed by atoms with Crippen molar-refractivity contribution in [3.63, 3.8) is 0 Å². The number of benzene rings is 4. The molecule has 4 aliphatic heterocycles. The van der Waals surface area contributed by atoms with Crippen molar-refractivity contribution in [2.24, 2.45) is 0 Å². The lowest BCUT2D eigenvalue weighted by Gasteiger charge is -2.53. The number of hydrogen-bond donors (Lipinski definition) is 0. The summed E-state index contributed by atoms with van der Waals surface area (Å²) < 4.78 is 12.9. The Morgan fingerprint density at radius 3 is 2.29 bits per heavy atom. The van der Waals surface area contributed by atoms with Gasteiger partial charge >= 0.3 is 0 Å². The fourth-order valence-electron chi connectivity index (χ4n) is 6.81. The summed E-state index contributed by atoms with van der Waals surface area (Å²) in [4.78, 5) is 4.92. The van der Waals surface area contributed by atoms with E-state index in [0.29, 0.717) is 0 Å². The van der Waals surface area contributed by atoms with E-state index >= 15 is 0 Å². The lowest BCUT2D eigenvalue weighted by molar-refractivity contribution is 0.359. The van der Waals surface area contributed by atoms with E-state index in [0.717, 1.165) is 40.1 Å². The van der Waals surface area contributed by atoms with E-state index in [1.807, 2.05) is 12.1 Å². The molecule has 0 aromatic heterocycles. The zero-order valence-electron chi connectivity index (χ0n) is 18.8. The van der Waals surface area contributed by atoms with Gasteiger partial charge in [-0.3, -0.25) is 0 Å². The standard InChI is InChI=1S/C30H19BN2O2/c1-3-14-24-20(10-1)32-22-12-7-13-23-28(22)31(18-8-5-16-26(34-24)29(18)32)19-9-6-17-27-30(19)33(23)21-11-2-4-15-25(21)35-27/h1-18,29H. The maximum absolute atomic E-state index is 6.47. The molecule has 0 amide bonds. The molecular formula is C30H19BN2O2. The Hall–Kier alpha value is -4.38. The largest absolute Gasteiger partial charge is 0.457 e. The lowest BCUT2D eigenvalue weighted by Crippen LogP contribution is -2.63. The van der Waals surface area contributed by atoms with Crippen LogP contribution in [0.2, 0.25) is 5.82 Å². The third-order valence-corrected chi connectivity index (χ3v) is 8.05. The zero-order valence-corrected chi connectivity index (χ0v) is 18.8. The van der Waals surface area contributed by atoms with E-state index in [1.54, 1.807) is 0 Å². The molecule has 5 heteroatoms. The Labute approximate surface area is 203 Å². The first-order valence-corrected chi connectivity index (χ1v) is 12.2. The van der Waals surface area contributed by atoms with E-state index in [1.165, 1.54) is 22.3 Å². The van der Waals surface area contributed by atoms with Crippen molar-refractivity contribution in [3.8, 4) is 17.2 Å². The van der Waals surface area contributed by atoms with Gasteiger partial charge in [-0.25, -0.2) is 0 Å². The molecule has 0 saturated heterocycles. The van der Waals surface area contributed by atoms with Gasteiger partial charge in [0.1, 0.15) is 5.76 Å². The summed E-state index contributed by atoms with van der Waals surface area (Å²) in [5.74, 6) is 3.97. The normalized spacial score (nSPS) is 20.9. The predicted molar refractivity (Wildman–Crippen MR) is 140 cm³/mol. The maximum Gasteiger partial charge on any atom is 0.227 e. The molecule has 0 radical (unpaired) electrons. The molecular weight excluding hydrogens is 431 g/mol. The summed E-state index contributed by atoms with van der Waals surface area (Å²) in [6.07, 6.45) is 6.67. The number of ether oxygens (including phenoxy) is 2. The molecule has 2 unspecified atom stereocenters. The van der Waals surface area contributed by atoms with Crippen molar-refractivity contribution >= 4 is 46.1 Å². The highest BCUT2D eigenvalue weighted by Crippen LogP contribution is 2.56. The third kappa shape index (κ3) is 2.11. The summed E-state index contributed by atoms with van der Waals surface area (Å²) in [5.41, 5.74) is 8.55. The highest BCUT2D eigenvalue weighted by atomic mass is 16.5. The minimum Gasteiger partial charge on any atom is -0.457 e. The number of allylic oxidation sites excluding steroid dienone is 2. The number of hydrogen-bond acceptors (Lipinski definition) is 4. The van der Waals surface area contributed by atoms with Crippen LogP contribution in [0.4, 0.5) is 28.4 Å². The van der Waals surface area contributed by atoms with Gasteiger partial charge < -0.3 is 19.3 Å². The van der Waals surface area contributed by atoms with Crippen LogP contribution in [0.3, 0.4) is 0 Å². The molecule has 5 aliphatic rings. The van der Waals surface area contributed by atoms with Crippen molar-refractivity contribution in [1.82, 2.24) is 0 Å². The van der Waals surface area contributed by atoms with Gasteiger partial charge in [0.15, 0.2) is 17.2 Å². The van der Waals surface area contributed by atoms with Crippen molar-refractivity contribution in [1.29, 1.82) is 0 Å². The van der Waals surface area contributed by atoms with Crippen LogP contribution in [0, 0.1) is 0 Å². The van der Waals surface area contributed by atoms with Crippen LogP contribution >= 0.6 is 0 Å². The fraction of sp³-hybridized carbons (Fsp3) is 0.0667. The van der Waals surface area contributed by atoms with Gasteiger partial charge in [-0.1, -0.05) is 54.6 Å². The Balaban J connectivity index is 1.40. The quantitative estimate of drug-likeness (QED) is 0.274. The van der Waals surface area contributed by atoms with Gasteiger partial charge in [-0.05, 0) is 65.3 Å². The topological polar surface area (TPSA) is 24.9 Å². The van der Waals surface area contributed by atoms with Crippen molar-refractivity contribution in [2.75, 3.05) is 9.80 Å². The minimum atomic E-state index is 0.113. The maximum atomic E-state index is 6.47. The second kappa shape index (κ2) is 6.19. The highest BCUT2D eigenvalue weighted by Gasteiger charge is 2.53. The molecule has 35 heavy (non-hydrogen) atoms. The molecule has 4 heterocycles. The highest BCUT2D eigenvalue weighted by molar-refractivity contribution is 6.91. The first-order valence-electron chi connectivity index (χ1n) is 12.2. The van der Waals surface area contributed by atoms with Crippen LogP contribution in [0.25, 0.3) is 0 Å². The van der Waals surface area contributed by atoms with Crippen molar-refractivity contribution < 1.29 is 9.47 Å². The fourth-order valence-corrected chi connectivity index (χ4v) is 6.81. The molecule has 4 aromatic carbocycles. The van der Waals surface area contributed by atoms with Crippen LogP contribution in [0.15, 0.2) is 109 Å². The first kappa shape index (κ1) is 18.0. The summed E-state index contributed by atoms with van der Waals surface area (Å²) in [6, 6.07) is 30.1. The molecule has 0 fully saturated rings. The van der Waals surface area contributed by atoms with E-state index in [-0.39, 0.29) is 18.6 Å². The molecule has 0 bridgehead atoms. The molecule has 1 aliphatic carbocycles. The second-order valence-corrected chi connectivity index (χ2v) is 9.70. The van der Waals surface area contributed by atoms with Gasteiger partial charge in [-0.2, -0.15) is 0 Å². The molecule has 0 saturated carbocycles. The second-order valence-electron chi connectivity index (χ2n) is 9.70. The molecule has 2 atom stereocenters. The summed E-state index contributed by atoms with van der Waals surface area (Å²) in [5, 5.41) is 0. The van der Waals surface area contributed by atoms with Gasteiger partial charge in [0, 0.05) is 11.4 Å². The third-order valence-electron chi connectivity index (χ3n) is 8.05. The van der Waals surface area contributed by atoms with Gasteiger partial charge in [0.25, 0.3) is 0 Å². The number of para-hydroxylation sites is 5. The van der Waals surface area contributed by atoms with Gasteiger partial charge in [-0.15, -0.1) is 0 Å². The smallest absolute Gasteiger partial charge is 0.227 e. The van der Waals surface area contributed by atoms with E-state index in [4.69, 9.17) is 9.47 Å².